The maximum Gasteiger partial charge on any atom is 0.417 e. The molecule has 12 heteroatoms. The quantitative estimate of drug-likeness (QED) is 0.305. The van der Waals surface area contributed by atoms with Crippen LogP contribution in [0.3, 0.4) is 0 Å². The third-order valence-electron chi connectivity index (χ3n) is 5.28. The second-order valence-electron chi connectivity index (χ2n) is 7.77. The molecule has 5 rings (SSSR count). The first-order chi connectivity index (χ1) is 15.7. The molecule has 33 heavy (non-hydrogen) atoms. The van der Waals surface area contributed by atoms with Gasteiger partial charge < -0.3 is 15.2 Å². The van der Waals surface area contributed by atoms with Crippen LogP contribution in [0.5, 0.6) is 0 Å². The van der Waals surface area contributed by atoms with E-state index in [-0.39, 0.29) is 5.52 Å². The predicted molar refractivity (Wildman–Crippen MR) is 126 cm³/mol. The lowest BCUT2D eigenvalue weighted by Crippen LogP contribution is -2.30. The Morgan fingerprint density at radius 3 is 2.76 bits per heavy atom. The Labute approximate surface area is 196 Å². The van der Waals surface area contributed by atoms with E-state index in [1.54, 1.807) is 23.4 Å². The number of pyridine rings is 2. The molecule has 1 saturated carbocycles. The van der Waals surface area contributed by atoms with Crippen molar-refractivity contribution in [2.24, 2.45) is 7.05 Å². The standard InChI is InChI=1S/C21H20F3N7S2/c1-3-33-19-16(18-28-14-8-11(21(22,23)24)10-25-17(14)30(18)2)29-15-9-13(6-7-31(15)19)27-20(32)26-12-4-5-12/h6-10,12H,3-5H2,1-2H3,(H2,26,27,32). The van der Waals surface area contributed by atoms with Crippen molar-refractivity contribution < 1.29 is 13.2 Å². The van der Waals surface area contributed by atoms with Crippen LogP contribution in [0.15, 0.2) is 35.6 Å². The number of nitrogens with one attached hydrogen (secondary N) is 2. The van der Waals surface area contributed by atoms with Gasteiger partial charge in [0.1, 0.15) is 21.9 Å². The average molecular weight is 492 g/mol. The number of thioether (sulfide) groups is 1. The van der Waals surface area contributed by atoms with E-state index >= 15 is 0 Å². The molecular formula is C21H20F3N7S2. The molecule has 0 amide bonds. The zero-order chi connectivity index (χ0) is 23.3. The summed E-state index contributed by atoms with van der Waals surface area (Å²) in [6, 6.07) is 5.26. The molecule has 0 spiro atoms. The van der Waals surface area contributed by atoms with E-state index in [9.17, 15) is 13.2 Å². The summed E-state index contributed by atoms with van der Waals surface area (Å²) < 4.78 is 43.0. The smallest absolute Gasteiger partial charge is 0.360 e. The van der Waals surface area contributed by atoms with Crippen LogP contribution < -0.4 is 10.6 Å². The number of nitrogens with zero attached hydrogens (tertiary/aromatic N) is 5. The highest BCUT2D eigenvalue weighted by Crippen LogP contribution is 2.35. The van der Waals surface area contributed by atoms with Gasteiger partial charge in [-0.3, -0.25) is 4.40 Å². The molecule has 2 N–H and O–H groups in total. The van der Waals surface area contributed by atoms with E-state index in [0.29, 0.717) is 34.0 Å². The molecule has 1 aliphatic carbocycles. The fraction of sp³-hybridized carbons (Fsp3) is 0.333. The molecular weight excluding hydrogens is 471 g/mol. The van der Waals surface area contributed by atoms with Crippen molar-refractivity contribution in [3.8, 4) is 11.5 Å². The van der Waals surface area contributed by atoms with Crippen molar-refractivity contribution in [1.29, 1.82) is 0 Å². The summed E-state index contributed by atoms with van der Waals surface area (Å²) in [5.41, 5.74) is 1.77. The van der Waals surface area contributed by atoms with Crippen LogP contribution in [0.4, 0.5) is 18.9 Å². The number of aromatic nitrogens is 5. The van der Waals surface area contributed by atoms with Gasteiger partial charge in [0, 0.05) is 37.2 Å². The lowest BCUT2D eigenvalue weighted by molar-refractivity contribution is -0.137. The number of fused-ring (bicyclic) bond motifs is 2. The third-order valence-corrected chi connectivity index (χ3v) is 6.45. The summed E-state index contributed by atoms with van der Waals surface area (Å²) in [5.74, 6) is 1.24. The SMILES string of the molecule is CCSc1c(-c2nc3cc(C(F)(F)F)cnc3n2C)nc2cc(NC(=S)NC3CC3)ccn12. The minimum absolute atomic E-state index is 0.172. The molecule has 0 bridgehead atoms. The van der Waals surface area contributed by atoms with E-state index in [1.807, 2.05) is 29.7 Å². The van der Waals surface area contributed by atoms with Gasteiger partial charge in [-0.05, 0) is 42.9 Å². The molecule has 4 aromatic heterocycles. The fourth-order valence-electron chi connectivity index (χ4n) is 3.54. The molecule has 172 valence electrons. The first-order valence-electron chi connectivity index (χ1n) is 10.4. The van der Waals surface area contributed by atoms with E-state index in [2.05, 4.69) is 20.6 Å². The van der Waals surface area contributed by atoms with Gasteiger partial charge in [-0.25, -0.2) is 15.0 Å². The van der Waals surface area contributed by atoms with Gasteiger partial charge in [-0.2, -0.15) is 13.2 Å². The number of halogens is 3. The van der Waals surface area contributed by atoms with Gasteiger partial charge in [0.2, 0.25) is 0 Å². The Morgan fingerprint density at radius 2 is 2.06 bits per heavy atom. The summed E-state index contributed by atoms with van der Waals surface area (Å²) in [6.07, 6.45) is 0.493. The zero-order valence-electron chi connectivity index (χ0n) is 17.8. The summed E-state index contributed by atoms with van der Waals surface area (Å²) in [5, 5.41) is 7.84. The van der Waals surface area contributed by atoms with E-state index < -0.39 is 11.7 Å². The van der Waals surface area contributed by atoms with Crippen molar-refractivity contribution in [1.82, 2.24) is 29.2 Å². The lowest BCUT2D eigenvalue weighted by Gasteiger charge is -2.10. The topological polar surface area (TPSA) is 72.1 Å². The lowest BCUT2D eigenvalue weighted by atomic mass is 10.2. The van der Waals surface area contributed by atoms with Gasteiger partial charge in [0.15, 0.2) is 16.6 Å². The number of alkyl halides is 3. The first kappa shape index (κ1) is 22.0. The summed E-state index contributed by atoms with van der Waals surface area (Å²) in [4.78, 5) is 13.3. The number of aryl methyl sites for hydroxylation is 1. The largest absolute Gasteiger partial charge is 0.417 e. The van der Waals surface area contributed by atoms with Crippen LogP contribution in [0.25, 0.3) is 28.3 Å². The van der Waals surface area contributed by atoms with Gasteiger partial charge in [-0.1, -0.05) is 6.92 Å². The first-order valence-corrected chi connectivity index (χ1v) is 11.8. The molecule has 4 aromatic rings. The van der Waals surface area contributed by atoms with Crippen molar-refractivity contribution in [2.45, 2.75) is 37.0 Å². The van der Waals surface area contributed by atoms with Crippen molar-refractivity contribution >= 4 is 51.6 Å². The summed E-state index contributed by atoms with van der Waals surface area (Å²) >= 11 is 6.94. The zero-order valence-corrected chi connectivity index (χ0v) is 19.4. The Bertz CT molecular complexity index is 1370. The van der Waals surface area contributed by atoms with Gasteiger partial charge in [0.05, 0.1) is 5.56 Å². The molecule has 7 nitrogen and oxygen atoms in total. The second kappa shape index (κ2) is 8.17. The molecule has 0 radical (unpaired) electrons. The van der Waals surface area contributed by atoms with Crippen molar-refractivity contribution in [2.75, 3.05) is 11.1 Å². The maximum absolute atomic E-state index is 13.1. The highest BCUT2D eigenvalue weighted by atomic mass is 32.2. The maximum atomic E-state index is 13.1. The van der Waals surface area contributed by atoms with Crippen LogP contribution in [0.1, 0.15) is 25.3 Å². The minimum atomic E-state index is -4.48. The molecule has 0 saturated heterocycles. The Balaban J connectivity index is 1.57. The molecule has 1 fully saturated rings. The average Bonchev–Trinajstić information content (AvgIpc) is 3.41. The van der Waals surface area contributed by atoms with Crippen molar-refractivity contribution in [3.05, 3.63) is 36.2 Å². The van der Waals surface area contributed by atoms with Crippen LogP contribution in [0, 0.1) is 0 Å². The van der Waals surface area contributed by atoms with Gasteiger partial charge in [-0.15, -0.1) is 11.8 Å². The van der Waals surface area contributed by atoms with E-state index in [4.69, 9.17) is 17.2 Å². The fourth-order valence-corrected chi connectivity index (χ4v) is 4.67. The monoisotopic (exact) mass is 491 g/mol. The highest BCUT2D eigenvalue weighted by molar-refractivity contribution is 7.99. The number of hydrogen-bond donors (Lipinski definition) is 2. The van der Waals surface area contributed by atoms with Crippen LogP contribution >= 0.6 is 24.0 Å². The molecule has 0 aromatic carbocycles. The number of anilines is 1. The second-order valence-corrected chi connectivity index (χ2v) is 9.43. The number of imidazole rings is 2. The highest BCUT2D eigenvalue weighted by Gasteiger charge is 2.32. The Morgan fingerprint density at radius 1 is 1.27 bits per heavy atom. The molecule has 1 aliphatic rings. The number of rotatable bonds is 5. The Kier molecular flexibility index (Phi) is 5.44. The minimum Gasteiger partial charge on any atom is -0.360 e. The Hall–Kier alpha value is -2.86. The number of hydrogen-bond acceptors (Lipinski definition) is 5. The summed E-state index contributed by atoms with van der Waals surface area (Å²) in [7, 11) is 1.73. The molecule has 4 heterocycles. The van der Waals surface area contributed by atoms with Crippen molar-refractivity contribution in [3.63, 3.8) is 0 Å². The van der Waals surface area contributed by atoms with E-state index in [0.717, 1.165) is 41.6 Å². The van der Waals surface area contributed by atoms with Crippen LogP contribution in [0.2, 0.25) is 0 Å². The third kappa shape index (κ3) is 4.24. The normalized spacial score (nSPS) is 14.2. The summed E-state index contributed by atoms with van der Waals surface area (Å²) in [6.45, 7) is 2.03. The van der Waals surface area contributed by atoms with Crippen LogP contribution in [-0.2, 0) is 13.2 Å². The number of thiocarbonyl (C=S) groups is 1. The predicted octanol–water partition coefficient (Wildman–Crippen LogP) is 4.86. The van der Waals surface area contributed by atoms with E-state index in [1.165, 1.54) is 0 Å². The molecule has 0 aliphatic heterocycles. The van der Waals surface area contributed by atoms with Crippen LogP contribution in [-0.4, -0.2) is 40.8 Å². The molecule has 0 unspecified atom stereocenters. The van der Waals surface area contributed by atoms with Gasteiger partial charge in [0.25, 0.3) is 0 Å². The molecule has 0 atom stereocenters. The van der Waals surface area contributed by atoms with Gasteiger partial charge >= 0.3 is 6.18 Å².